The topological polar surface area (TPSA) is 49.9 Å². The number of nitrogens with two attached hydrogens (primary N) is 1. The SMILES string of the molecule is CC(C)CSc1cccc(Cl)c1C(=N)N. The molecule has 15 heavy (non-hydrogen) atoms. The maximum absolute atomic E-state index is 7.48. The molecule has 0 fully saturated rings. The molecule has 0 unspecified atom stereocenters. The van der Waals surface area contributed by atoms with Gasteiger partial charge in [-0.1, -0.05) is 31.5 Å². The molecule has 0 aliphatic heterocycles. The minimum absolute atomic E-state index is 0.0341. The van der Waals surface area contributed by atoms with Gasteiger partial charge in [-0.05, 0) is 18.1 Å². The van der Waals surface area contributed by atoms with Crippen molar-refractivity contribution in [3.8, 4) is 0 Å². The zero-order valence-electron chi connectivity index (χ0n) is 8.88. The maximum atomic E-state index is 7.48. The van der Waals surface area contributed by atoms with Crippen molar-refractivity contribution >= 4 is 29.2 Å². The van der Waals surface area contributed by atoms with E-state index in [-0.39, 0.29) is 5.84 Å². The van der Waals surface area contributed by atoms with Gasteiger partial charge in [-0.15, -0.1) is 11.8 Å². The third kappa shape index (κ3) is 3.43. The van der Waals surface area contributed by atoms with Gasteiger partial charge in [-0.3, -0.25) is 5.41 Å². The van der Waals surface area contributed by atoms with E-state index in [0.29, 0.717) is 16.5 Å². The summed E-state index contributed by atoms with van der Waals surface area (Å²) in [7, 11) is 0. The molecule has 1 aromatic rings. The Labute approximate surface area is 99.7 Å². The highest BCUT2D eigenvalue weighted by Gasteiger charge is 2.10. The van der Waals surface area contributed by atoms with Crippen molar-refractivity contribution in [2.45, 2.75) is 18.7 Å². The van der Waals surface area contributed by atoms with E-state index in [1.807, 2.05) is 12.1 Å². The first-order valence-corrected chi connectivity index (χ1v) is 6.14. The number of thioether (sulfide) groups is 1. The highest BCUT2D eigenvalue weighted by atomic mass is 35.5. The Morgan fingerprint density at radius 3 is 2.73 bits per heavy atom. The monoisotopic (exact) mass is 242 g/mol. The first kappa shape index (κ1) is 12.4. The van der Waals surface area contributed by atoms with E-state index in [4.69, 9.17) is 22.7 Å². The fourth-order valence-electron chi connectivity index (χ4n) is 1.14. The maximum Gasteiger partial charge on any atom is 0.125 e. The molecule has 0 radical (unpaired) electrons. The summed E-state index contributed by atoms with van der Waals surface area (Å²) in [5.74, 6) is 1.64. The van der Waals surface area contributed by atoms with Crippen LogP contribution < -0.4 is 5.73 Å². The van der Waals surface area contributed by atoms with Crippen molar-refractivity contribution in [2.24, 2.45) is 11.7 Å². The summed E-state index contributed by atoms with van der Waals surface area (Å²) in [5.41, 5.74) is 6.16. The third-order valence-corrected chi connectivity index (χ3v) is 3.62. The van der Waals surface area contributed by atoms with Crippen molar-refractivity contribution in [3.05, 3.63) is 28.8 Å². The lowest BCUT2D eigenvalue weighted by molar-refractivity contribution is 0.750. The summed E-state index contributed by atoms with van der Waals surface area (Å²) >= 11 is 7.70. The molecule has 1 rings (SSSR count). The second kappa shape index (κ2) is 5.42. The van der Waals surface area contributed by atoms with E-state index in [2.05, 4.69) is 13.8 Å². The molecule has 0 saturated carbocycles. The molecule has 0 bridgehead atoms. The molecule has 1 aromatic carbocycles. The summed E-state index contributed by atoms with van der Waals surface area (Å²) in [6.07, 6.45) is 0. The van der Waals surface area contributed by atoms with Gasteiger partial charge in [0.25, 0.3) is 0 Å². The van der Waals surface area contributed by atoms with Crippen molar-refractivity contribution in [3.63, 3.8) is 0 Å². The number of hydrogen-bond acceptors (Lipinski definition) is 2. The van der Waals surface area contributed by atoms with Gasteiger partial charge < -0.3 is 5.73 Å². The van der Waals surface area contributed by atoms with Crippen LogP contribution in [0.25, 0.3) is 0 Å². The molecule has 0 aliphatic rings. The van der Waals surface area contributed by atoms with Crippen molar-refractivity contribution < 1.29 is 0 Å². The van der Waals surface area contributed by atoms with Gasteiger partial charge >= 0.3 is 0 Å². The molecule has 0 aromatic heterocycles. The number of rotatable bonds is 4. The van der Waals surface area contributed by atoms with Crippen LogP contribution in [-0.4, -0.2) is 11.6 Å². The molecule has 0 aliphatic carbocycles. The molecule has 4 heteroatoms. The lowest BCUT2D eigenvalue weighted by Crippen LogP contribution is -2.13. The Morgan fingerprint density at radius 2 is 2.20 bits per heavy atom. The van der Waals surface area contributed by atoms with Crippen molar-refractivity contribution in [2.75, 3.05) is 5.75 Å². The molecular formula is C11H15ClN2S. The Balaban J connectivity index is 2.96. The highest BCUT2D eigenvalue weighted by Crippen LogP contribution is 2.29. The molecule has 0 amide bonds. The van der Waals surface area contributed by atoms with E-state index in [0.717, 1.165) is 10.6 Å². The van der Waals surface area contributed by atoms with Crippen LogP contribution in [0.15, 0.2) is 23.1 Å². The zero-order chi connectivity index (χ0) is 11.4. The molecule has 3 N–H and O–H groups in total. The predicted molar refractivity (Wildman–Crippen MR) is 68.0 cm³/mol. The van der Waals surface area contributed by atoms with E-state index in [1.165, 1.54) is 0 Å². The molecule has 0 atom stereocenters. The minimum Gasteiger partial charge on any atom is -0.384 e. The third-order valence-electron chi connectivity index (χ3n) is 1.82. The van der Waals surface area contributed by atoms with Gasteiger partial charge in [0.1, 0.15) is 5.84 Å². The van der Waals surface area contributed by atoms with Crippen molar-refractivity contribution in [1.29, 1.82) is 5.41 Å². The number of amidine groups is 1. The smallest absolute Gasteiger partial charge is 0.125 e. The second-order valence-electron chi connectivity index (χ2n) is 3.73. The largest absolute Gasteiger partial charge is 0.384 e. The number of nitrogen functional groups attached to an aromatic ring is 1. The van der Waals surface area contributed by atoms with Gasteiger partial charge in [0.2, 0.25) is 0 Å². The molecular weight excluding hydrogens is 228 g/mol. The summed E-state index contributed by atoms with van der Waals surface area (Å²) < 4.78 is 0. The zero-order valence-corrected chi connectivity index (χ0v) is 10.5. The Hall–Kier alpha value is -0.670. The van der Waals surface area contributed by atoms with Crippen LogP contribution in [0, 0.1) is 11.3 Å². The highest BCUT2D eigenvalue weighted by molar-refractivity contribution is 7.99. The van der Waals surface area contributed by atoms with Crippen LogP contribution in [0.1, 0.15) is 19.4 Å². The average Bonchev–Trinajstić information content (AvgIpc) is 2.13. The molecule has 0 saturated heterocycles. The molecule has 0 heterocycles. The summed E-state index contributed by atoms with van der Waals surface area (Å²) in [5, 5.41) is 8.03. The van der Waals surface area contributed by atoms with E-state index in [1.54, 1.807) is 17.8 Å². The van der Waals surface area contributed by atoms with E-state index in [9.17, 15) is 0 Å². The van der Waals surface area contributed by atoms with Gasteiger partial charge in [-0.2, -0.15) is 0 Å². The quantitative estimate of drug-likeness (QED) is 0.483. The number of benzene rings is 1. The molecule has 0 spiro atoms. The molecule has 2 nitrogen and oxygen atoms in total. The van der Waals surface area contributed by atoms with Crippen LogP contribution in [0.4, 0.5) is 0 Å². The minimum atomic E-state index is 0.0341. The van der Waals surface area contributed by atoms with Crippen molar-refractivity contribution in [1.82, 2.24) is 0 Å². The van der Waals surface area contributed by atoms with Gasteiger partial charge in [-0.25, -0.2) is 0 Å². The summed E-state index contributed by atoms with van der Waals surface area (Å²) in [6, 6.07) is 5.60. The van der Waals surface area contributed by atoms with Gasteiger partial charge in [0.05, 0.1) is 5.02 Å². The first-order chi connectivity index (χ1) is 7.02. The summed E-state index contributed by atoms with van der Waals surface area (Å²) in [6.45, 7) is 4.32. The number of nitrogens with one attached hydrogen (secondary N) is 1. The van der Waals surface area contributed by atoms with E-state index >= 15 is 0 Å². The van der Waals surface area contributed by atoms with E-state index < -0.39 is 0 Å². The van der Waals surface area contributed by atoms with Crippen LogP contribution in [-0.2, 0) is 0 Å². The first-order valence-electron chi connectivity index (χ1n) is 4.78. The Bertz CT molecular complexity index is 364. The second-order valence-corrected chi connectivity index (χ2v) is 5.20. The standard InChI is InChI=1S/C11H15ClN2S/c1-7(2)6-15-9-5-3-4-8(12)10(9)11(13)14/h3-5,7H,6H2,1-2H3,(H3,13,14). The van der Waals surface area contributed by atoms with Crippen LogP contribution in [0.5, 0.6) is 0 Å². The Morgan fingerprint density at radius 1 is 1.53 bits per heavy atom. The Kier molecular flexibility index (Phi) is 4.48. The van der Waals surface area contributed by atoms with Gasteiger partial charge in [0, 0.05) is 16.2 Å². The average molecular weight is 243 g/mol. The van der Waals surface area contributed by atoms with Crippen LogP contribution in [0.3, 0.4) is 0 Å². The normalized spacial score (nSPS) is 10.7. The lowest BCUT2D eigenvalue weighted by Gasteiger charge is -2.10. The van der Waals surface area contributed by atoms with Crippen LogP contribution >= 0.6 is 23.4 Å². The van der Waals surface area contributed by atoms with Crippen LogP contribution in [0.2, 0.25) is 5.02 Å². The summed E-state index contributed by atoms with van der Waals surface area (Å²) in [4.78, 5) is 0.990. The number of hydrogen-bond donors (Lipinski definition) is 2. The lowest BCUT2D eigenvalue weighted by atomic mass is 10.2. The van der Waals surface area contributed by atoms with Gasteiger partial charge in [0.15, 0.2) is 0 Å². The predicted octanol–water partition coefficient (Wildman–Crippen LogP) is 3.37. The fourth-order valence-corrected chi connectivity index (χ4v) is 2.53. The fraction of sp³-hybridized carbons (Fsp3) is 0.364. The number of halogens is 1. The molecule has 82 valence electrons.